The molecular formula is C36H73I. The van der Waals surface area contributed by atoms with Crippen LogP contribution in [0.25, 0.3) is 0 Å². The lowest BCUT2D eigenvalue weighted by Gasteiger charge is -2.40. The van der Waals surface area contributed by atoms with E-state index in [0.29, 0.717) is 5.41 Å². The van der Waals surface area contributed by atoms with Gasteiger partial charge in [-0.05, 0) is 31.1 Å². The van der Waals surface area contributed by atoms with Crippen molar-refractivity contribution in [1.82, 2.24) is 0 Å². The summed E-state index contributed by atoms with van der Waals surface area (Å²) in [5, 5.41) is 0. The van der Waals surface area contributed by atoms with Crippen LogP contribution in [-0.4, -0.2) is 3.92 Å². The van der Waals surface area contributed by atoms with E-state index >= 15 is 0 Å². The third kappa shape index (κ3) is 23.2. The molecule has 0 spiro atoms. The van der Waals surface area contributed by atoms with Gasteiger partial charge >= 0.3 is 0 Å². The van der Waals surface area contributed by atoms with E-state index in [2.05, 4.69) is 50.3 Å². The zero-order valence-corrected chi connectivity index (χ0v) is 28.8. The normalized spacial score (nSPS) is 12.9. The van der Waals surface area contributed by atoms with Gasteiger partial charge < -0.3 is 0 Å². The van der Waals surface area contributed by atoms with Gasteiger partial charge in [-0.2, -0.15) is 0 Å². The second kappa shape index (κ2) is 29.7. The Morgan fingerprint density at radius 2 is 0.595 bits per heavy atom. The number of alkyl halides is 1. The lowest BCUT2D eigenvalue weighted by atomic mass is 9.70. The average molecular weight is 633 g/mol. The predicted octanol–water partition coefficient (Wildman–Crippen LogP) is 14.6. The first-order valence-corrected chi connectivity index (χ1v) is 19.0. The van der Waals surface area contributed by atoms with Crippen LogP contribution in [0.15, 0.2) is 0 Å². The van der Waals surface area contributed by atoms with Gasteiger partial charge in [0, 0.05) is 3.92 Å². The third-order valence-corrected chi connectivity index (χ3v) is 11.0. The molecule has 0 aromatic carbocycles. The standard InChI is InChI=1S/C36H73I/c1-5-9-13-17-21-22-23-27-31-35(37)36(32-28-24-18-14-10-6-2,33-29-25-19-15-11-7-3)34-30-26-20-16-12-8-4/h35H,5-34H2,1-4H3. The highest BCUT2D eigenvalue weighted by Crippen LogP contribution is 2.46. The minimum atomic E-state index is 0.627. The Kier molecular flexibility index (Phi) is 30.3. The second-order valence-electron chi connectivity index (χ2n) is 12.6. The molecule has 0 aromatic heterocycles. The molecule has 1 heteroatoms. The van der Waals surface area contributed by atoms with Crippen LogP contribution in [-0.2, 0) is 0 Å². The van der Waals surface area contributed by atoms with Crippen LogP contribution in [0.3, 0.4) is 0 Å². The number of halogens is 1. The van der Waals surface area contributed by atoms with E-state index in [1.807, 2.05) is 0 Å². The van der Waals surface area contributed by atoms with E-state index in [9.17, 15) is 0 Å². The van der Waals surface area contributed by atoms with Crippen molar-refractivity contribution < 1.29 is 0 Å². The largest absolute Gasteiger partial charge is 0.0820 e. The highest BCUT2D eigenvalue weighted by atomic mass is 127. The van der Waals surface area contributed by atoms with Gasteiger partial charge in [-0.15, -0.1) is 0 Å². The quantitative estimate of drug-likeness (QED) is 0.0405. The molecule has 1 atom stereocenters. The highest BCUT2D eigenvalue weighted by molar-refractivity contribution is 14.1. The molecule has 0 aliphatic heterocycles. The topological polar surface area (TPSA) is 0 Å². The van der Waals surface area contributed by atoms with Crippen LogP contribution in [0.4, 0.5) is 0 Å². The molecule has 0 aromatic rings. The van der Waals surface area contributed by atoms with E-state index in [4.69, 9.17) is 0 Å². The zero-order valence-electron chi connectivity index (χ0n) is 26.7. The van der Waals surface area contributed by atoms with Crippen molar-refractivity contribution in [1.29, 1.82) is 0 Å². The maximum Gasteiger partial charge on any atom is 0.0166 e. The molecule has 0 saturated carbocycles. The van der Waals surface area contributed by atoms with Crippen molar-refractivity contribution in [2.75, 3.05) is 0 Å². The molecule has 0 bridgehead atoms. The Labute approximate surface area is 251 Å². The van der Waals surface area contributed by atoms with E-state index in [0.717, 1.165) is 3.92 Å². The van der Waals surface area contributed by atoms with E-state index in [1.54, 1.807) is 0 Å². The zero-order chi connectivity index (χ0) is 27.3. The fourth-order valence-corrected chi connectivity index (χ4v) is 7.76. The van der Waals surface area contributed by atoms with E-state index < -0.39 is 0 Å². The van der Waals surface area contributed by atoms with Gasteiger partial charge in [0.05, 0.1) is 0 Å². The fraction of sp³-hybridized carbons (Fsp3) is 1.00. The van der Waals surface area contributed by atoms with E-state index in [-0.39, 0.29) is 0 Å². The molecule has 37 heavy (non-hydrogen) atoms. The van der Waals surface area contributed by atoms with Gasteiger partial charge in [0.1, 0.15) is 0 Å². The summed E-state index contributed by atoms with van der Waals surface area (Å²) in [6, 6.07) is 0. The van der Waals surface area contributed by atoms with Crippen LogP contribution in [0.1, 0.15) is 220 Å². The molecule has 0 aliphatic carbocycles. The predicted molar refractivity (Wildman–Crippen MR) is 181 cm³/mol. The fourth-order valence-electron chi connectivity index (χ4n) is 6.38. The SMILES string of the molecule is CCCCCCCCCCC(I)C(CCCCCCCC)(CCCCCCCC)CCCCCCCC. The van der Waals surface area contributed by atoms with Gasteiger partial charge in [-0.1, -0.05) is 217 Å². The molecule has 0 amide bonds. The minimum Gasteiger partial charge on any atom is -0.0820 e. The highest BCUT2D eigenvalue weighted by Gasteiger charge is 2.35. The van der Waals surface area contributed by atoms with Gasteiger partial charge in [0.15, 0.2) is 0 Å². The van der Waals surface area contributed by atoms with Crippen LogP contribution in [0, 0.1) is 5.41 Å². The van der Waals surface area contributed by atoms with Gasteiger partial charge in [0.25, 0.3) is 0 Å². The summed E-state index contributed by atoms with van der Waals surface area (Å²) in [5.41, 5.74) is 0.627. The molecule has 0 heterocycles. The molecule has 0 aliphatic rings. The Morgan fingerprint density at radius 3 is 0.892 bits per heavy atom. The summed E-state index contributed by atoms with van der Waals surface area (Å²) in [4.78, 5) is 0. The third-order valence-electron chi connectivity index (χ3n) is 9.06. The monoisotopic (exact) mass is 632 g/mol. The van der Waals surface area contributed by atoms with Gasteiger partial charge in [-0.25, -0.2) is 0 Å². The first-order chi connectivity index (χ1) is 18.2. The second-order valence-corrected chi connectivity index (χ2v) is 14.2. The number of rotatable bonds is 31. The maximum atomic E-state index is 2.96. The van der Waals surface area contributed by atoms with Crippen molar-refractivity contribution in [3.8, 4) is 0 Å². The Balaban J connectivity index is 4.93. The summed E-state index contributed by atoms with van der Waals surface area (Å²) >= 11 is 2.96. The molecular weight excluding hydrogens is 559 g/mol. The molecule has 0 rings (SSSR count). The van der Waals surface area contributed by atoms with Crippen LogP contribution in [0.5, 0.6) is 0 Å². The summed E-state index contributed by atoms with van der Waals surface area (Å²) in [6.45, 7) is 9.36. The summed E-state index contributed by atoms with van der Waals surface area (Å²) in [5.74, 6) is 0. The molecule has 0 N–H and O–H groups in total. The molecule has 1 unspecified atom stereocenters. The number of hydrogen-bond acceptors (Lipinski definition) is 0. The smallest absolute Gasteiger partial charge is 0.0166 e. The number of hydrogen-bond donors (Lipinski definition) is 0. The summed E-state index contributed by atoms with van der Waals surface area (Å²) in [6.07, 6.45) is 43.9. The van der Waals surface area contributed by atoms with E-state index in [1.165, 1.54) is 193 Å². The molecule has 224 valence electrons. The van der Waals surface area contributed by atoms with Crippen molar-refractivity contribution in [3.05, 3.63) is 0 Å². The Hall–Kier alpha value is 0.730. The van der Waals surface area contributed by atoms with Crippen molar-refractivity contribution >= 4 is 22.6 Å². The lowest BCUT2D eigenvalue weighted by Crippen LogP contribution is -2.32. The average Bonchev–Trinajstić information content (AvgIpc) is 2.91. The molecule has 0 nitrogen and oxygen atoms in total. The first kappa shape index (κ1) is 37.7. The van der Waals surface area contributed by atoms with Crippen LogP contribution in [0.2, 0.25) is 0 Å². The lowest BCUT2D eigenvalue weighted by molar-refractivity contribution is 0.187. The Bertz CT molecular complexity index is 376. The van der Waals surface area contributed by atoms with Crippen LogP contribution >= 0.6 is 22.6 Å². The van der Waals surface area contributed by atoms with Crippen molar-refractivity contribution in [2.24, 2.45) is 5.41 Å². The number of unbranched alkanes of at least 4 members (excludes halogenated alkanes) is 22. The van der Waals surface area contributed by atoms with Gasteiger partial charge in [0.2, 0.25) is 0 Å². The van der Waals surface area contributed by atoms with Crippen LogP contribution < -0.4 is 0 Å². The summed E-state index contributed by atoms with van der Waals surface area (Å²) in [7, 11) is 0. The molecule has 0 radical (unpaired) electrons. The van der Waals surface area contributed by atoms with Crippen molar-refractivity contribution in [3.63, 3.8) is 0 Å². The Morgan fingerprint density at radius 1 is 0.351 bits per heavy atom. The first-order valence-electron chi connectivity index (χ1n) is 17.8. The molecule has 0 saturated heterocycles. The molecule has 0 fully saturated rings. The van der Waals surface area contributed by atoms with Gasteiger partial charge in [-0.3, -0.25) is 0 Å². The summed E-state index contributed by atoms with van der Waals surface area (Å²) < 4.78 is 0.895. The van der Waals surface area contributed by atoms with Crippen molar-refractivity contribution in [2.45, 2.75) is 224 Å². The maximum absolute atomic E-state index is 2.96. The minimum absolute atomic E-state index is 0.627.